The van der Waals surface area contributed by atoms with E-state index < -0.39 is 10.0 Å². The molecule has 2 aromatic heterocycles. The standard InChI is InChI=1S/C17H22ClN5O2S2/c18-14-4-5-17(26-14)27(24,25)23-9-3-8-22(10-11-23)16-12-15(19-13-20-16)21-6-1-2-7-21/h4-5,12-13H,1-3,6-11H2. The van der Waals surface area contributed by atoms with E-state index in [1.165, 1.54) is 12.8 Å². The molecule has 2 aliphatic heterocycles. The zero-order valence-corrected chi connectivity index (χ0v) is 17.3. The number of aromatic nitrogens is 2. The van der Waals surface area contributed by atoms with Crippen molar-refractivity contribution in [3.63, 3.8) is 0 Å². The molecule has 27 heavy (non-hydrogen) atoms. The third kappa shape index (κ3) is 4.06. The summed E-state index contributed by atoms with van der Waals surface area (Å²) in [5.74, 6) is 1.82. The van der Waals surface area contributed by atoms with Gasteiger partial charge in [0, 0.05) is 45.3 Å². The Morgan fingerprint density at radius 3 is 2.22 bits per heavy atom. The van der Waals surface area contributed by atoms with Crippen LogP contribution in [0.1, 0.15) is 19.3 Å². The van der Waals surface area contributed by atoms with Gasteiger partial charge in [-0.2, -0.15) is 4.31 Å². The second-order valence-electron chi connectivity index (χ2n) is 6.73. The molecule has 0 bridgehead atoms. The van der Waals surface area contributed by atoms with Gasteiger partial charge in [0.05, 0.1) is 4.34 Å². The van der Waals surface area contributed by atoms with Crippen LogP contribution in [0.25, 0.3) is 0 Å². The van der Waals surface area contributed by atoms with Crippen molar-refractivity contribution in [1.29, 1.82) is 0 Å². The molecule has 2 saturated heterocycles. The van der Waals surface area contributed by atoms with Crippen molar-refractivity contribution in [2.24, 2.45) is 0 Å². The van der Waals surface area contributed by atoms with Gasteiger partial charge in [-0.1, -0.05) is 11.6 Å². The van der Waals surface area contributed by atoms with Gasteiger partial charge in [-0.05, 0) is 31.4 Å². The first kappa shape index (κ1) is 18.9. The van der Waals surface area contributed by atoms with E-state index in [2.05, 4.69) is 19.8 Å². The van der Waals surface area contributed by atoms with Crippen molar-refractivity contribution in [3.8, 4) is 0 Å². The largest absolute Gasteiger partial charge is 0.356 e. The Balaban J connectivity index is 1.48. The summed E-state index contributed by atoms with van der Waals surface area (Å²) >= 11 is 7.02. The van der Waals surface area contributed by atoms with E-state index in [0.717, 1.165) is 49.0 Å². The molecule has 2 aromatic rings. The molecule has 4 heterocycles. The van der Waals surface area contributed by atoms with Crippen LogP contribution in [0.15, 0.2) is 28.7 Å². The number of hydrogen-bond donors (Lipinski definition) is 0. The number of nitrogens with zero attached hydrogens (tertiary/aromatic N) is 5. The molecule has 0 amide bonds. The topological polar surface area (TPSA) is 69.6 Å². The quantitative estimate of drug-likeness (QED) is 0.747. The molecule has 10 heteroatoms. The molecule has 0 aliphatic carbocycles. The molecule has 0 radical (unpaired) electrons. The highest BCUT2D eigenvalue weighted by molar-refractivity contribution is 7.91. The summed E-state index contributed by atoms with van der Waals surface area (Å²) in [5, 5.41) is 0. The van der Waals surface area contributed by atoms with Gasteiger partial charge in [-0.15, -0.1) is 11.3 Å². The van der Waals surface area contributed by atoms with Crippen LogP contribution in [-0.4, -0.2) is 62.0 Å². The minimum Gasteiger partial charge on any atom is -0.356 e. The summed E-state index contributed by atoms with van der Waals surface area (Å²) in [6, 6.07) is 5.23. The summed E-state index contributed by atoms with van der Waals surface area (Å²) < 4.78 is 28.0. The van der Waals surface area contributed by atoms with E-state index in [1.54, 1.807) is 22.8 Å². The second kappa shape index (κ2) is 7.90. The van der Waals surface area contributed by atoms with E-state index in [1.807, 2.05) is 6.07 Å². The number of hydrogen-bond acceptors (Lipinski definition) is 7. The van der Waals surface area contributed by atoms with Gasteiger partial charge >= 0.3 is 0 Å². The Kier molecular flexibility index (Phi) is 5.54. The fraction of sp³-hybridized carbons (Fsp3) is 0.529. The normalized spacial score (nSPS) is 19.4. The fourth-order valence-corrected chi connectivity index (χ4v) is 6.66. The van der Waals surface area contributed by atoms with Gasteiger partial charge in [-0.25, -0.2) is 18.4 Å². The zero-order chi connectivity index (χ0) is 18.9. The Bertz CT molecular complexity index is 898. The van der Waals surface area contributed by atoms with Crippen LogP contribution in [0, 0.1) is 0 Å². The fourth-order valence-electron chi connectivity index (χ4n) is 3.56. The summed E-state index contributed by atoms with van der Waals surface area (Å²) in [6.45, 7) is 4.37. The second-order valence-corrected chi connectivity index (χ2v) is 10.6. The van der Waals surface area contributed by atoms with Crippen molar-refractivity contribution in [2.45, 2.75) is 23.5 Å². The van der Waals surface area contributed by atoms with E-state index in [0.29, 0.717) is 28.2 Å². The molecule has 0 aromatic carbocycles. The highest BCUT2D eigenvalue weighted by Crippen LogP contribution is 2.29. The van der Waals surface area contributed by atoms with Crippen LogP contribution < -0.4 is 9.80 Å². The van der Waals surface area contributed by atoms with Crippen LogP contribution in [0.3, 0.4) is 0 Å². The SMILES string of the molecule is O=S(=O)(c1ccc(Cl)s1)N1CCCN(c2cc(N3CCCC3)ncn2)CC1. The highest BCUT2D eigenvalue weighted by Gasteiger charge is 2.28. The molecule has 0 unspecified atom stereocenters. The van der Waals surface area contributed by atoms with E-state index >= 15 is 0 Å². The first-order valence-electron chi connectivity index (χ1n) is 9.11. The van der Waals surface area contributed by atoms with Gasteiger partial charge in [-0.3, -0.25) is 0 Å². The minimum absolute atomic E-state index is 0.305. The van der Waals surface area contributed by atoms with Gasteiger partial charge in [0.2, 0.25) is 0 Å². The van der Waals surface area contributed by atoms with Crippen molar-refractivity contribution in [1.82, 2.24) is 14.3 Å². The summed E-state index contributed by atoms with van der Waals surface area (Å²) in [4.78, 5) is 13.3. The maximum atomic E-state index is 12.9. The smallest absolute Gasteiger partial charge is 0.252 e. The third-order valence-corrected chi connectivity index (χ3v) is 8.59. The molecule has 7 nitrogen and oxygen atoms in total. The van der Waals surface area contributed by atoms with Crippen molar-refractivity contribution in [3.05, 3.63) is 28.9 Å². The molecule has 0 atom stereocenters. The Hall–Kier alpha value is -1.42. The molecule has 0 spiro atoms. The summed E-state index contributed by atoms with van der Waals surface area (Å²) in [6.07, 6.45) is 4.75. The van der Waals surface area contributed by atoms with Gasteiger partial charge < -0.3 is 9.80 Å². The van der Waals surface area contributed by atoms with Crippen molar-refractivity contribution in [2.75, 3.05) is 49.1 Å². The highest BCUT2D eigenvalue weighted by atomic mass is 35.5. The Labute approximate surface area is 168 Å². The Morgan fingerprint density at radius 2 is 1.56 bits per heavy atom. The van der Waals surface area contributed by atoms with E-state index in [9.17, 15) is 8.42 Å². The average molecular weight is 428 g/mol. The van der Waals surface area contributed by atoms with Crippen molar-refractivity contribution < 1.29 is 8.42 Å². The van der Waals surface area contributed by atoms with Crippen molar-refractivity contribution >= 4 is 44.6 Å². The molecule has 146 valence electrons. The molecule has 4 rings (SSSR count). The van der Waals surface area contributed by atoms with Crippen LogP contribution in [0.5, 0.6) is 0 Å². The van der Waals surface area contributed by atoms with Gasteiger partial charge in [0.25, 0.3) is 10.0 Å². The van der Waals surface area contributed by atoms with Crippen LogP contribution in [0.4, 0.5) is 11.6 Å². The van der Waals surface area contributed by atoms with Crippen LogP contribution >= 0.6 is 22.9 Å². The molecule has 0 saturated carbocycles. The third-order valence-electron chi connectivity index (χ3n) is 4.99. The molecule has 2 aliphatic rings. The van der Waals surface area contributed by atoms with E-state index in [4.69, 9.17) is 11.6 Å². The predicted octanol–water partition coefficient (Wildman–Crippen LogP) is 2.69. The number of halogens is 1. The van der Waals surface area contributed by atoms with E-state index in [-0.39, 0.29) is 0 Å². The van der Waals surface area contributed by atoms with Crippen LogP contribution in [-0.2, 0) is 10.0 Å². The number of thiophene rings is 1. The predicted molar refractivity (Wildman–Crippen MR) is 108 cm³/mol. The lowest BCUT2D eigenvalue weighted by Gasteiger charge is -2.24. The van der Waals surface area contributed by atoms with Gasteiger partial charge in [0.15, 0.2) is 0 Å². The lowest BCUT2D eigenvalue weighted by Crippen LogP contribution is -2.35. The number of rotatable bonds is 4. The maximum absolute atomic E-state index is 12.9. The first-order valence-corrected chi connectivity index (χ1v) is 11.7. The summed E-state index contributed by atoms with van der Waals surface area (Å²) in [7, 11) is -3.49. The first-order chi connectivity index (χ1) is 13.0. The average Bonchev–Trinajstić information content (AvgIpc) is 3.29. The van der Waals surface area contributed by atoms with Crippen LogP contribution in [0.2, 0.25) is 4.34 Å². The lowest BCUT2D eigenvalue weighted by atomic mass is 10.3. The monoisotopic (exact) mass is 427 g/mol. The maximum Gasteiger partial charge on any atom is 0.252 e. The number of anilines is 2. The number of sulfonamides is 1. The molecular weight excluding hydrogens is 406 g/mol. The molecule has 0 N–H and O–H groups in total. The zero-order valence-electron chi connectivity index (χ0n) is 14.9. The van der Waals surface area contributed by atoms with Gasteiger partial charge in [0.1, 0.15) is 22.2 Å². The molecule has 2 fully saturated rings. The minimum atomic E-state index is -3.49. The summed E-state index contributed by atoms with van der Waals surface area (Å²) in [5.41, 5.74) is 0. The molecular formula is C17H22ClN5O2S2. The lowest BCUT2D eigenvalue weighted by molar-refractivity contribution is 0.434. The Morgan fingerprint density at radius 1 is 0.889 bits per heavy atom.